The molecule has 0 aliphatic heterocycles. The van der Waals surface area contributed by atoms with Gasteiger partial charge in [0.2, 0.25) is 0 Å². The van der Waals surface area contributed by atoms with E-state index in [-0.39, 0.29) is 11.3 Å². The number of hydrogen-bond acceptors (Lipinski definition) is 4. The van der Waals surface area contributed by atoms with Crippen LogP contribution in [0.4, 0.5) is 11.4 Å². The number of benzene rings is 3. The highest BCUT2D eigenvalue weighted by Crippen LogP contribution is 2.44. The number of fused-ring (bicyclic) bond motifs is 1. The minimum Gasteiger partial charge on any atom is -0.312 e. The van der Waals surface area contributed by atoms with Gasteiger partial charge in [-0.2, -0.15) is 0 Å². The molecule has 2 aliphatic rings. The summed E-state index contributed by atoms with van der Waals surface area (Å²) in [6.07, 6.45) is 50.0. The highest BCUT2D eigenvalue weighted by Gasteiger charge is 2.26. The number of rotatable bonds is 21. The van der Waals surface area contributed by atoms with Crippen LogP contribution in [0.15, 0.2) is 246 Å². The predicted molar refractivity (Wildman–Crippen MR) is 406 cm³/mol. The maximum atomic E-state index is 5.01. The fourth-order valence-electron chi connectivity index (χ4n) is 9.76. The van der Waals surface area contributed by atoms with Gasteiger partial charge in [0.25, 0.3) is 0 Å². The Balaban J connectivity index is 0.000000706. The third kappa shape index (κ3) is 23.1. The lowest BCUT2D eigenvalue weighted by atomic mass is 9.83. The molecule has 0 bridgehead atoms. The predicted octanol–water partition coefficient (Wildman–Crippen LogP) is 25.3. The zero-order chi connectivity index (χ0) is 66.3. The Morgan fingerprint density at radius 3 is 2.15 bits per heavy atom. The summed E-state index contributed by atoms with van der Waals surface area (Å²) in [6.45, 7) is 51.8. The van der Waals surface area contributed by atoms with Crippen molar-refractivity contribution in [1.82, 2.24) is 9.55 Å². The van der Waals surface area contributed by atoms with E-state index in [1.807, 2.05) is 92.7 Å². The summed E-state index contributed by atoms with van der Waals surface area (Å²) < 4.78 is 2.46. The van der Waals surface area contributed by atoms with Gasteiger partial charge < -0.3 is 9.47 Å². The van der Waals surface area contributed by atoms with Crippen LogP contribution in [0.1, 0.15) is 179 Å². The van der Waals surface area contributed by atoms with E-state index in [1.165, 1.54) is 54.9 Å². The Bertz CT molecular complexity index is 3440. The number of aryl methyl sites for hydroxylation is 1. The Kier molecular flexibility index (Phi) is 37.1. The summed E-state index contributed by atoms with van der Waals surface area (Å²) in [7, 11) is 1.78. The van der Waals surface area contributed by atoms with Gasteiger partial charge in [0.1, 0.15) is 10.8 Å². The number of anilines is 2. The molecule has 1 atom stereocenters. The standard InChI is InChI=1S/C53H57N3S.C21H29N3.4C2H6/c1-10-13-18-23-39(5)55(44-26-21-17-22-27-44)49-34-32-43(36-47(49)53(7,8)9)42-31-33-48-46(35-42)45(28-14-11-2)51(56(48)40(6)30-29-38(4)12-3)50-37-54-52(57-50)41-24-19-15-16-20-25-41;1-6-8-12-18(13-9-7-2)20(22-4)24-21(23-5)19-14-10-11-17(3)15-16-19;4*1-2/h10,12-13,15-19,21-27,29-37H,3,5,11,14,20,28H2,1-2,4,6-9H3;6,8,11-12,14-16,18H,1,5,7,9-10,13H2,2-4H3;4*1-2H3/b13-10-,23-18-,38-29-,40-30+;12-8-,22-20?,24-21?;;;;. The molecular weight excluding hydrogens is 1100 g/mol. The van der Waals surface area contributed by atoms with E-state index >= 15 is 0 Å². The van der Waals surface area contributed by atoms with E-state index in [2.05, 4.69) is 253 Å². The molecule has 2 heterocycles. The molecule has 2 aromatic heterocycles. The molecule has 0 saturated heterocycles. The molecule has 3 aromatic carbocycles. The van der Waals surface area contributed by atoms with Crippen molar-refractivity contribution >= 4 is 63.3 Å². The van der Waals surface area contributed by atoms with E-state index in [9.17, 15) is 0 Å². The third-order valence-corrected chi connectivity index (χ3v) is 15.3. The topological polar surface area (TPSA) is 58.1 Å². The van der Waals surface area contributed by atoms with E-state index in [0.717, 1.165) is 96.1 Å². The van der Waals surface area contributed by atoms with Crippen molar-refractivity contribution < 1.29 is 0 Å². The number of para-hydroxylation sites is 1. The summed E-state index contributed by atoms with van der Waals surface area (Å²) in [5.41, 5.74) is 16.1. The summed E-state index contributed by atoms with van der Waals surface area (Å²) in [4.78, 5) is 21.7. The zero-order valence-electron chi connectivity index (χ0n) is 58.1. The Morgan fingerprint density at radius 1 is 0.809 bits per heavy atom. The van der Waals surface area contributed by atoms with Crippen molar-refractivity contribution in [3.63, 3.8) is 0 Å². The van der Waals surface area contributed by atoms with Crippen LogP contribution in [0.5, 0.6) is 0 Å². The van der Waals surface area contributed by atoms with Crippen LogP contribution in [0.3, 0.4) is 0 Å². The van der Waals surface area contributed by atoms with Gasteiger partial charge in [-0.25, -0.2) is 15.0 Å². The number of allylic oxidation sites excluding steroid dienone is 21. The van der Waals surface area contributed by atoms with Gasteiger partial charge in [0.15, 0.2) is 5.84 Å². The number of unbranched alkanes of at least 4 members (excludes halogenated alkanes) is 2. The van der Waals surface area contributed by atoms with Crippen molar-refractivity contribution in [2.75, 3.05) is 11.9 Å². The fraction of sp³-hybridized carbons (Fsp3) is 0.341. The van der Waals surface area contributed by atoms with Gasteiger partial charge in [0, 0.05) is 58.5 Å². The zero-order valence-corrected chi connectivity index (χ0v) is 58.9. The summed E-state index contributed by atoms with van der Waals surface area (Å²) in [6, 6.07) is 24.6. The Morgan fingerprint density at radius 2 is 1.51 bits per heavy atom. The molecule has 0 radical (unpaired) electrons. The lowest BCUT2D eigenvalue weighted by molar-refractivity contribution is 0.591. The maximum absolute atomic E-state index is 5.01. The second-order valence-electron chi connectivity index (χ2n) is 21.4. The monoisotopic (exact) mass is 1210 g/mol. The molecule has 6 nitrogen and oxygen atoms in total. The highest BCUT2D eigenvalue weighted by molar-refractivity contribution is 7.16. The summed E-state index contributed by atoms with van der Waals surface area (Å²) in [5, 5.41) is 2.34. The van der Waals surface area contributed by atoms with E-state index < -0.39 is 0 Å². The first-order chi connectivity index (χ1) is 43.2. The average Bonchev–Trinajstić information content (AvgIpc) is 1.67. The molecule has 0 spiro atoms. The Hall–Kier alpha value is -8.00. The van der Waals surface area contributed by atoms with Crippen molar-refractivity contribution in [2.24, 2.45) is 20.9 Å². The van der Waals surface area contributed by atoms with E-state index in [1.54, 1.807) is 24.5 Å². The summed E-state index contributed by atoms with van der Waals surface area (Å²) >= 11 is 1.78. The van der Waals surface area contributed by atoms with Crippen LogP contribution in [0, 0.1) is 5.92 Å². The number of aromatic nitrogens is 2. The first-order valence-electron chi connectivity index (χ1n) is 32.7. The number of thiazole rings is 1. The molecule has 0 amide bonds. The second-order valence-corrected chi connectivity index (χ2v) is 22.4. The lowest BCUT2D eigenvalue weighted by Crippen LogP contribution is -2.21. The molecule has 0 fully saturated rings. The van der Waals surface area contributed by atoms with Crippen LogP contribution in [0.25, 0.3) is 43.9 Å². The molecule has 1 unspecified atom stereocenters. The van der Waals surface area contributed by atoms with E-state index in [4.69, 9.17) is 9.98 Å². The molecule has 474 valence electrons. The molecule has 7 rings (SSSR count). The quantitative estimate of drug-likeness (QED) is 0.0418. The summed E-state index contributed by atoms with van der Waals surface area (Å²) in [5.74, 6) is 1.58. The van der Waals surface area contributed by atoms with Crippen molar-refractivity contribution in [3.8, 4) is 21.7 Å². The van der Waals surface area contributed by atoms with Crippen LogP contribution in [0.2, 0.25) is 0 Å². The number of aliphatic imine (C=N–C) groups is 3. The first-order valence-corrected chi connectivity index (χ1v) is 33.5. The minimum atomic E-state index is -0.139. The minimum absolute atomic E-state index is 0.139. The SMILES string of the molecule is C=C/C(C)=C\C=C(/C)n1c(-c2cnc(C3=CCC=CC=C3)s2)c(CCCC)c2cc(-c3ccc(N(C(=C)/C=C\C=C/C)c4ccccc4)c(C(C)(C)C)c3)ccc21.C=C/C=C\C(CCCC)C(N=C(N=C)C1=CCC=C(C)C=C1)=NC.CC.CC.CC.CC. The molecule has 5 aromatic rings. The van der Waals surface area contributed by atoms with Gasteiger partial charge in [-0.15, -0.1) is 11.3 Å². The lowest BCUT2D eigenvalue weighted by Gasteiger charge is -2.32. The van der Waals surface area contributed by atoms with Crippen molar-refractivity contribution in [2.45, 2.75) is 174 Å². The largest absolute Gasteiger partial charge is 0.312 e. The molecule has 0 N–H and O–H groups in total. The van der Waals surface area contributed by atoms with Crippen LogP contribution in [-0.2, 0) is 11.8 Å². The van der Waals surface area contributed by atoms with Crippen molar-refractivity contribution in [3.05, 3.63) is 247 Å². The highest BCUT2D eigenvalue weighted by atomic mass is 32.1. The molecular formula is C82H110N6S. The van der Waals surface area contributed by atoms with Gasteiger partial charge in [0.05, 0.1) is 16.1 Å². The van der Waals surface area contributed by atoms with Gasteiger partial charge in [-0.3, -0.25) is 4.99 Å². The second kappa shape index (κ2) is 42.8. The van der Waals surface area contributed by atoms with E-state index in [0.29, 0.717) is 5.84 Å². The van der Waals surface area contributed by atoms with Gasteiger partial charge in [-0.1, -0.05) is 274 Å². The average molecular weight is 1210 g/mol. The number of amidine groups is 2. The number of hydrogen-bond donors (Lipinski definition) is 0. The maximum Gasteiger partial charge on any atom is 0.160 e. The van der Waals surface area contributed by atoms with Crippen molar-refractivity contribution in [1.29, 1.82) is 0 Å². The van der Waals surface area contributed by atoms with Gasteiger partial charge >= 0.3 is 0 Å². The number of nitrogens with zero attached hydrogens (tertiary/aromatic N) is 6. The van der Waals surface area contributed by atoms with Gasteiger partial charge in [-0.05, 0) is 143 Å². The van der Waals surface area contributed by atoms with Crippen LogP contribution >= 0.6 is 11.3 Å². The molecule has 2 aliphatic carbocycles. The van der Waals surface area contributed by atoms with Crippen LogP contribution < -0.4 is 4.90 Å². The fourth-order valence-corrected chi connectivity index (χ4v) is 10.8. The first kappa shape index (κ1) is 77.1. The normalized spacial score (nSPS) is 13.8. The molecule has 0 saturated carbocycles. The molecule has 7 heteroatoms. The molecule has 89 heavy (non-hydrogen) atoms. The third-order valence-electron chi connectivity index (χ3n) is 14.2. The van der Waals surface area contributed by atoms with Crippen LogP contribution in [-0.4, -0.2) is 35.0 Å². The Labute approximate surface area is 545 Å². The smallest absolute Gasteiger partial charge is 0.160 e.